The van der Waals surface area contributed by atoms with E-state index in [4.69, 9.17) is 10.5 Å². The molecule has 0 aliphatic heterocycles. The molecule has 0 amide bonds. The molecule has 3 nitrogen and oxygen atoms in total. The molecule has 4 heteroatoms. The first-order chi connectivity index (χ1) is 6.94. The minimum absolute atomic E-state index is 0.0662. The molecule has 0 aromatic rings. The number of ether oxygens (including phenoxy) is 1. The maximum atomic E-state index is 11.4. The highest BCUT2D eigenvalue weighted by molar-refractivity contribution is 7.80. The van der Waals surface area contributed by atoms with Crippen LogP contribution in [-0.2, 0) is 9.53 Å². The van der Waals surface area contributed by atoms with Gasteiger partial charge >= 0.3 is 5.97 Å². The summed E-state index contributed by atoms with van der Waals surface area (Å²) in [5.74, 6) is 0.0338. The summed E-state index contributed by atoms with van der Waals surface area (Å²) in [6.45, 7) is 4.51. The molecule has 0 unspecified atom stereocenters. The van der Waals surface area contributed by atoms with E-state index in [9.17, 15) is 4.79 Å². The van der Waals surface area contributed by atoms with Gasteiger partial charge in [0.05, 0.1) is 0 Å². The monoisotopic (exact) mass is 231 g/mol. The lowest BCUT2D eigenvalue weighted by Crippen LogP contribution is -2.38. The van der Waals surface area contributed by atoms with E-state index in [0.717, 1.165) is 25.7 Å². The first kappa shape index (κ1) is 12.8. The fourth-order valence-electron chi connectivity index (χ4n) is 1.82. The molecular formula is C11H21NO2S. The zero-order chi connectivity index (χ0) is 11.5. The van der Waals surface area contributed by atoms with E-state index in [1.165, 1.54) is 0 Å². The maximum Gasteiger partial charge on any atom is 0.324 e. The molecule has 0 saturated heterocycles. The Hall–Kier alpha value is -0.220. The molecule has 0 bridgehead atoms. The SMILES string of the molecule is CC1(C)CCC(OC(=O)[C@@H](N)CS)CC1. The summed E-state index contributed by atoms with van der Waals surface area (Å²) in [5, 5.41) is 0. The summed E-state index contributed by atoms with van der Waals surface area (Å²) in [7, 11) is 0. The third-order valence-corrected chi connectivity index (χ3v) is 3.46. The van der Waals surface area contributed by atoms with E-state index in [2.05, 4.69) is 26.5 Å². The standard InChI is InChI=1S/C11H21NO2S/c1-11(2)5-3-8(4-6-11)14-10(13)9(12)7-15/h8-9,15H,3-7,12H2,1-2H3/t9-/m0/s1. The van der Waals surface area contributed by atoms with E-state index in [1.807, 2.05) is 0 Å². The molecule has 0 spiro atoms. The molecule has 1 saturated carbocycles. The summed E-state index contributed by atoms with van der Waals surface area (Å²) >= 11 is 3.97. The van der Waals surface area contributed by atoms with Crippen molar-refractivity contribution in [1.29, 1.82) is 0 Å². The second-order valence-corrected chi connectivity index (χ2v) is 5.45. The highest BCUT2D eigenvalue weighted by Crippen LogP contribution is 2.36. The Morgan fingerprint density at radius 2 is 2.07 bits per heavy atom. The number of hydrogen-bond acceptors (Lipinski definition) is 4. The lowest BCUT2D eigenvalue weighted by molar-refractivity contribution is -0.152. The Balaban J connectivity index is 2.33. The van der Waals surface area contributed by atoms with E-state index >= 15 is 0 Å². The molecule has 0 heterocycles. The second kappa shape index (κ2) is 5.21. The highest BCUT2D eigenvalue weighted by atomic mass is 32.1. The average Bonchev–Trinajstić information content (AvgIpc) is 2.20. The van der Waals surface area contributed by atoms with Gasteiger partial charge in [0.1, 0.15) is 12.1 Å². The van der Waals surface area contributed by atoms with Crippen LogP contribution in [0.15, 0.2) is 0 Å². The van der Waals surface area contributed by atoms with Crippen LogP contribution in [0.2, 0.25) is 0 Å². The topological polar surface area (TPSA) is 52.3 Å². The molecule has 0 radical (unpaired) electrons. The lowest BCUT2D eigenvalue weighted by atomic mass is 9.76. The number of hydrogen-bond donors (Lipinski definition) is 2. The summed E-state index contributed by atoms with van der Waals surface area (Å²) in [6, 6.07) is -0.580. The predicted molar refractivity (Wildman–Crippen MR) is 64.0 cm³/mol. The van der Waals surface area contributed by atoms with Crippen LogP contribution in [0.25, 0.3) is 0 Å². The Morgan fingerprint density at radius 3 is 2.53 bits per heavy atom. The van der Waals surface area contributed by atoms with Gasteiger partial charge in [-0.05, 0) is 31.1 Å². The van der Waals surface area contributed by atoms with Gasteiger partial charge in [-0.1, -0.05) is 13.8 Å². The normalized spacial score (nSPS) is 23.5. The van der Waals surface area contributed by atoms with E-state index in [1.54, 1.807) is 0 Å². The minimum Gasteiger partial charge on any atom is -0.461 e. The average molecular weight is 231 g/mol. The van der Waals surface area contributed by atoms with E-state index in [0.29, 0.717) is 11.2 Å². The van der Waals surface area contributed by atoms with Crippen molar-refractivity contribution < 1.29 is 9.53 Å². The Kier molecular flexibility index (Phi) is 4.46. The van der Waals surface area contributed by atoms with E-state index < -0.39 is 6.04 Å². The third kappa shape index (κ3) is 4.03. The van der Waals surface area contributed by atoms with Crippen molar-refractivity contribution in [3.8, 4) is 0 Å². The van der Waals surface area contributed by atoms with Gasteiger partial charge in [0.2, 0.25) is 0 Å². The van der Waals surface area contributed by atoms with Crippen LogP contribution >= 0.6 is 12.6 Å². The van der Waals surface area contributed by atoms with Crippen LogP contribution in [0.1, 0.15) is 39.5 Å². The lowest BCUT2D eigenvalue weighted by Gasteiger charge is -2.34. The molecule has 0 aromatic heterocycles. The van der Waals surface area contributed by atoms with Gasteiger partial charge in [0, 0.05) is 5.75 Å². The second-order valence-electron chi connectivity index (χ2n) is 5.09. The van der Waals surface area contributed by atoms with Crippen LogP contribution in [-0.4, -0.2) is 23.9 Å². The number of thiol groups is 1. The fourth-order valence-corrected chi connectivity index (χ4v) is 1.97. The van der Waals surface area contributed by atoms with Gasteiger partial charge in [-0.15, -0.1) is 0 Å². The van der Waals surface area contributed by atoms with Crippen molar-refractivity contribution in [2.45, 2.75) is 51.7 Å². The van der Waals surface area contributed by atoms with Crippen LogP contribution in [0.4, 0.5) is 0 Å². The fraction of sp³-hybridized carbons (Fsp3) is 0.909. The van der Waals surface area contributed by atoms with Crippen LogP contribution in [0, 0.1) is 5.41 Å². The largest absolute Gasteiger partial charge is 0.461 e. The van der Waals surface area contributed by atoms with Gasteiger partial charge in [-0.3, -0.25) is 4.79 Å². The molecule has 2 N–H and O–H groups in total. The van der Waals surface area contributed by atoms with Crippen LogP contribution in [0.3, 0.4) is 0 Å². The predicted octanol–water partition coefficient (Wildman–Crippen LogP) is 1.76. The molecule has 1 fully saturated rings. The zero-order valence-electron chi connectivity index (χ0n) is 9.53. The number of carbonyl (C=O) groups is 1. The van der Waals surface area contributed by atoms with Crippen LogP contribution in [0.5, 0.6) is 0 Å². The molecule has 1 rings (SSSR count). The van der Waals surface area contributed by atoms with Gasteiger partial charge in [0.15, 0.2) is 0 Å². The highest BCUT2D eigenvalue weighted by Gasteiger charge is 2.29. The molecule has 15 heavy (non-hydrogen) atoms. The third-order valence-electron chi connectivity index (χ3n) is 3.07. The minimum atomic E-state index is -0.580. The molecule has 1 aliphatic rings. The van der Waals surface area contributed by atoms with Crippen molar-refractivity contribution in [2.75, 3.05) is 5.75 Å². The molecule has 88 valence electrons. The van der Waals surface area contributed by atoms with Gasteiger partial charge in [-0.25, -0.2) is 0 Å². The number of esters is 1. The van der Waals surface area contributed by atoms with E-state index in [-0.39, 0.29) is 12.1 Å². The molecular weight excluding hydrogens is 210 g/mol. The van der Waals surface area contributed by atoms with Crippen LogP contribution < -0.4 is 5.73 Å². The van der Waals surface area contributed by atoms with Gasteiger partial charge in [-0.2, -0.15) is 12.6 Å². The smallest absolute Gasteiger partial charge is 0.324 e. The number of nitrogens with two attached hydrogens (primary N) is 1. The van der Waals surface area contributed by atoms with Crippen molar-refractivity contribution >= 4 is 18.6 Å². The van der Waals surface area contributed by atoms with Crippen molar-refractivity contribution in [3.05, 3.63) is 0 Å². The molecule has 1 atom stereocenters. The van der Waals surface area contributed by atoms with Gasteiger partial charge < -0.3 is 10.5 Å². The first-order valence-corrected chi connectivity index (χ1v) is 6.15. The van der Waals surface area contributed by atoms with Crippen molar-refractivity contribution in [2.24, 2.45) is 11.1 Å². The molecule has 1 aliphatic carbocycles. The van der Waals surface area contributed by atoms with Crippen molar-refractivity contribution in [1.82, 2.24) is 0 Å². The summed E-state index contributed by atoms with van der Waals surface area (Å²) in [6.07, 6.45) is 4.20. The summed E-state index contributed by atoms with van der Waals surface area (Å²) < 4.78 is 5.32. The van der Waals surface area contributed by atoms with Crippen molar-refractivity contribution in [3.63, 3.8) is 0 Å². The first-order valence-electron chi connectivity index (χ1n) is 5.51. The molecule has 0 aromatic carbocycles. The summed E-state index contributed by atoms with van der Waals surface area (Å²) in [5.41, 5.74) is 5.93. The zero-order valence-corrected chi connectivity index (χ0v) is 10.4. The quantitative estimate of drug-likeness (QED) is 0.575. The number of rotatable bonds is 3. The Morgan fingerprint density at radius 1 is 1.53 bits per heavy atom. The Bertz CT molecular complexity index is 221. The Labute approximate surface area is 97.2 Å². The number of carbonyl (C=O) groups excluding carboxylic acids is 1. The maximum absolute atomic E-state index is 11.4. The van der Waals surface area contributed by atoms with Gasteiger partial charge in [0.25, 0.3) is 0 Å². The summed E-state index contributed by atoms with van der Waals surface area (Å²) in [4.78, 5) is 11.4.